The molecule has 0 radical (unpaired) electrons. The van der Waals surface area contributed by atoms with Gasteiger partial charge < -0.3 is 33.9 Å². The lowest BCUT2D eigenvalue weighted by Gasteiger charge is -2.35. The van der Waals surface area contributed by atoms with Crippen molar-refractivity contribution in [2.24, 2.45) is 0 Å². The van der Waals surface area contributed by atoms with Crippen LogP contribution in [0.5, 0.6) is 5.75 Å². The van der Waals surface area contributed by atoms with Crippen molar-refractivity contribution in [2.75, 3.05) is 20.3 Å². The maximum atomic E-state index is 11.5. The van der Waals surface area contributed by atoms with Crippen molar-refractivity contribution in [1.82, 2.24) is 0 Å². The highest BCUT2D eigenvalue weighted by Gasteiger charge is 2.37. The van der Waals surface area contributed by atoms with Crippen molar-refractivity contribution in [1.29, 1.82) is 0 Å². The highest BCUT2D eigenvalue weighted by Crippen LogP contribution is 2.22. The van der Waals surface area contributed by atoms with E-state index in [2.05, 4.69) is 0 Å². The Morgan fingerprint density at radius 3 is 1.50 bits per heavy atom. The summed E-state index contributed by atoms with van der Waals surface area (Å²) in [7, 11) is 1.62. The van der Waals surface area contributed by atoms with Crippen LogP contribution in [0.2, 0.25) is 0 Å². The highest BCUT2D eigenvalue weighted by atomic mass is 16.6. The van der Waals surface area contributed by atoms with Crippen LogP contribution in [0.15, 0.2) is 115 Å². The smallest absolute Gasteiger partial charge is 0.118 e. The van der Waals surface area contributed by atoms with E-state index < -0.39 is 24.4 Å². The lowest BCUT2D eigenvalue weighted by molar-refractivity contribution is -0.193. The van der Waals surface area contributed by atoms with Crippen LogP contribution in [0.1, 0.15) is 22.3 Å². The normalized spacial score (nSPS) is 14.2. The van der Waals surface area contributed by atoms with Crippen LogP contribution >= 0.6 is 0 Å². The first kappa shape index (κ1) is 31.4. The van der Waals surface area contributed by atoms with E-state index in [4.69, 9.17) is 23.7 Å². The van der Waals surface area contributed by atoms with Crippen LogP contribution < -0.4 is 4.74 Å². The third-order valence-electron chi connectivity index (χ3n) is 6.84. The predicted molar refractivity (Wildman–Crippen MR) is 161 cm³/mol. The van der Waals surface area contributed by atoms with Gasteiger partial charge in [0.15, 0.2) is 0 Å². The number of ether oxygens (including phenoxy) is 5. The van der Waals surface area contributed by atoms with Gasteiger partial charge in [-0.1, -0.05) is 103 Å². The molecular weight excluding hydrogens is 532 g/mol. The van der Waals surface area contributed by atoms with Crippen LogP contribution in [0.4, 0.5) is 0 Å². The number of rotatable bonds is 18. The molecule has 0 bridgehead atoms. The number of hydrogen-bond acceptors (Lipinski definition) is 7. The van der Waals surface area contributed by atoms with Gasteiger partial charge in [-0.3, -0.25) is 0 Å². The summed E-state index contributed by atoms with van der Waals surface area (Å²) < 4.78 is 30.1. The zero-order valence-corrected chi connectivity index (χ0v) is 24.0. The average Bonchev–Trinajstić information content (AvgIpc) is 3.05. The molecule has 7 heteroatoms. The Kier molecular flexibility index (Phi) is 13.0. The molecule has 222 valence electrons. The molecule has 0 spiro atoms. The molecule has 4 aromatic rings. The summed E-state index contributed by atoms with van der Waals surface area (Å²) in [6, 6.07) is 36.8. The second-order valence-electron chi connectivity index (χ2n) is 9.97. The van der Waals surface area contributed by atoms with Crippen molar-refractivity contribution in [3.05, 3.63) is 138 Å². The minimum Gasteiger partial charge on any atom is -0.497 e. The Balaban J connectivity index is 1.54. The molecule has 4 aromatic carbocycles. The topological polar surface area (TPSA) is 86.6 Å². The average molecular weight is 573 g/mol. The first-order valence-electron chi connectivity index (χ1n) is 14.1. The fourth-order valence-corrected chi connectivity index (χ4v) is 4.52. The van der Waals surface area contributed by atoms with E-state index in [9.17, 15) is 10.2 Å². The fraction of sp³-hybridized carbons (Fsp3) is 0.314. The van der Waals surface area contributed by atoms with Gasteiger partial charge in [0.2, 0.25) is 0 Å². The van der Waals surface area contributed by atoms with Crippen LogP contribution in [0.25, 0.3) is 0 Å². The Morgan fingerprint density at radius 1 is 0.548 bits per heavy atom. The van der Waals surface area contributed by atoms with Crippen molar-refractivity contribution in [2.45, 2.75) is 50.8 Å². The lowest BCUT2D eigenvalue weighted by atomic mass is 10.0. The second kappa shape index (κ2) is 17.4. The van der Waals surface area contributed by atoms with E-state index in [1.165, 1.54) is 0 Å². The summed E-state index contributed by atoms with van der Waals surface area (Å²) in [4.78, 5) is 0. The maximum absolute atomic E-state index is 11.5. The predicted octanol–water partition coefficient (Wildman–Crippen LogP) is 5.32. The molecule has 0 amide bonds. The molecule has 0 saturated carbocycles. The summed E-state index contributed by atoms with van der Waals surface area (Å²) in [5.41, 5.74) is 3.80. The van der Waals surface area contributed by atoms with Crippen molar-refractivity contribution in [3.8, 4) is 5.75 Å². The van der Waals surface area contributed by atoms with E-state index in [1.807, 2.05) is 115 Å². The molecule has 0 aliphatic heterocycles. The van der Waals surface area contributed by atoms with Gasteiger partial charge in [0.05, 0.1) is 46.8 Å². The van der Waals surface area contributed by atoms with Gasteiger partial charge in [-0.15, -0.1) is 0 Å². The number of methoxy groups -OCH3 is 1. The molecule has 0 fully saturated rings. The third kappa shape index (κ3) is 10.1. The minimum absolute atomic E-state index is 0.00417. The number of aliphatic hydroxyl groups is 2. The van der Waals surface area contributed by atoms with E-state index in [0.717, 1.165) is 28.0 Å². The molecule has 0 aliphatic carbocycles. The van der Waals surface area contributed by atoms with Crippen LogP contribution in [0, 0.1) is 0 Å². The molecular formula is C35H40O7. The fourth-order valence-electron chi connectivity index (χ4n) is 4.52. The maximum Gasteiger partial charge on any atom is 0.118 e. The summed E-state index contributed by atoms with van der Waals surface area (Å²) in [5.74, 6) is 0.739. The summed E-state index contributed by atoms with van der Waals surface area (Å²) in [6.07, 6.45) is -3.53. The summed E-state index contributed by atoms with van der Waals surface area (Å²) in [6.45, 7) is 0.731. The largest absolute Gasteiger partial charge is 0.497 e. The number of aliphatic hydroxyl groups excluding tert-OH is 2. The summed E-state index contributed by atoms with van der Waals surface area (Å²) >= 11 is 0. The first-order valence-corrected chi connectivity index (χ1v) is 14.1. The van der Waals surface area contributed by atoms with Gasteiger partial charge in [-0.25, -0.2) is 0 Å². The van der Waals surface area contributed by atoms with Gasteiger partial charge in [-0.2, -0.15) is 0 Å². The quantitative estimate of drug-likeness (QED) is 0.167. The molecule has 0 aromatic heterocycles. The minimum atomic E-state index is -1.07. The molecule has 42 heavy (non-hydrogen) atoms. The summed E-state index contributed by atoms with van der Waals surface area (Å²) in [5, 5.41) is 21.9. The molecule has 0 heterocycles. The van der Waals surface area contributed by atoms with E-state index in [0.29, 0.717) is 6.61 Å². The van der Waals surface area contributed by atoms with Crippen molar-refractivity contribution >= 4 is 0 Å². The Labute approximate surface area is 248 Å². The Hall–Kier alpha value is -3.56. The third-order valence-corrected chi connectivity index (χ3v) is 6.84. The van der Waals surface area contributed by atoms with E-state index >= 15 is 0 Å². The zero-order chi connectivity index (χ0) is 29.4. The van der Waals surface area contributed by atoms with Gasteiger partial charge >= 0.3 is 0 Å². The highest BCUT2D eigenvalue weighted by molar-refractivity contribution is 5.26. The van der Waals surface area contributed by atoms with Gasteiger partial charge in [0, 0.05) is 0 Å². The Bertz CT molecular complexity index is 1250. The van der Waals surface area contributed by atoms with Crippen LogP contribution in [0.3, 0.4) is 0 Å². The van der Waals surface area contributed by atoms with Gasteiger partial charge in [-0.05, 0) is 34.4 Å². The van der Waals surface area contributed by atoms with Crippen molar-refractivity contribution in [3.63, 3.8) is 0 Å². The van der Waals surface area contributed by atoms with E-state index in [-0.39, 0.29) is 33.0 Å². The lowest BCUT2D eigenvalue weighted by Crippen LogP contribution is -2.51. The number of hydrogen-bond donors (Lipinski definition) is 2. The molecule has 2 N–H and O–H groups in total. The monoisotopic (exact) mass is 572 g/mol. The van der Waals surface area contributed by atoms with Crippen molar-refractivity contribution < 1.29 is 33.9 Å². The molecule has 7 nitrogen and oxygen atoms in total. The molecule has 0 aliphatic rings. The second-order valence-corrected chi connectivity index (χ2v) is 9.97. The first-order chi connectivity index (χ1) is 20.7. The Morgan fingerprint density at radius 2 is 1.00 bits per heavy atom. The van der Waals surface area contributed by atoms with Crippen LogP contribution in [-0.2, 0) is 45.4 Å². The molecule has 0 saturated heterocycles. The number of benzene rings is 4. The zero-order valence-electron chi connectivity index (χ0n) is 24.0. The van der Waals surface area contributed by atoms with E-state index in [1.54, 1.807) is 7.11 Å². The SMILES string of the molecule is COc1ccc(CO[C@@H]([C@H](OCc2ccccc2)[C@H](CO)OCc2ccccc2)[C@H](O)COCc2ccccc2)cc1. The molecule has 4 atom stereocenters. The standard InChI is InChI=1S/C35H40O7/c1-38-31-19-17-30(18-20-31)25-41-34(32(37)26-39-22-27-11-5-2-6-12-27)35(42-24-29-15-9-4-10-16-29)33(21-36)40-23-28-13-7-3-8-14-28/h2-20,32-37H,21-26H2,1H3/t32-,33+,34-,35-/m1/s1. The van der Waals surface area contributed by atoms with Crippen LogP contribution in [-0.4, -0.2) is 55.0 Å². The van der Waals surface area contributed by atoms with Gasteiger partial charge in [0.25, 0.3) is 0 Å². The van der Waals surface area contributed by atoms with Gasteiger partial charge in [0.1, 0.15) is 30.2 Å². The molecule has 4 rings (SSSR count). The molecule has 0 unspecified atom stereocenters.